The summed E-state index contributed by atoms with van der Waals surface area (Å²) >= 11 is 0. The molecule has 1 aromatic carbocycles. The molecule has 9 nitrogen and oxygen atoms in total. The zero-order valence-corrected chi connectivity index (χ0v) is 22.4. The van der Waals surface area contributed by atoms with E-state index in [0.717, 1.165) is 41.9 Å². The normalized spacial score (nSPS) is 23.1. The number of nitrogens with one attached hydrogen (secondary N) is 2. The first-order valence-electron chi connectivity index (χ1n) is 12.7. The monoisotopic (exact) mass is 498 g/mol. The second-order valence-electron chi connectivity index (χ2n) is 11.1. The van der Waals surface area contributed by atoms with Crippen molar-refractivity contribution < 1.29 is 23.9 Å². The number of aliphatic hydroxyl groups excluding tert-OH is 1. The van der Waals surface area contributed by atoms with E-state index in [1.807, 2.05) is 76.9 Å². The van der Waals surface area contributed by atoms with Crippen LogP contribution >= 0.6 is 0 Å². The van der Waals surface area contributed by atoms with Gasteiger partial charge in [-0.25, -0.2) is 9.78 Å². The maximum absolute atomic E-state index is 11.8. The number of carbonyl (C=O) groups excluding carboxylic acids is 1. The third-order valence-corrected chi connectivity index (χ3v) is 7.80. The minimum absolute atomic E-state index is 0.0232. The number of rotatable bonds is 7. The summed E-state index contributed by atoms with van der Waals surface area (Å²) in [7, 11) is 0.923. The Kier molecular flexibility index (Phi) is 7.53. The fraction of sp³-hybridized carbons (Fsp3) is 0.615. The summed E-state index contributed by atoms with van der Waals surface area (Å²) in [6.45, 7) is 12.8. The predicted molar refractivity (Wildman–Crippen MR) is 139 cm³/mol. The third kappa shape index (κ3) is 5.18. The Morgan fingerprint density at radius 3 is 2.44 bits per heavy atom. The van der Waals surface area contributed by atoms with Gasteiger partial charge in [-0.1, -0.05) is 38.1 Å². The van der Waals surface area contributed by atoms with Crippen LogP contribution in [-0.4, -0.2) is 70.3 Å². The molecular formula is C26H39BN4O5. The quantitative estimate of drug-likeness (QED) is 0.503. The van der Waals surface area contributed by atoms with Crippen molar-refractivity contribution >= 4 is 18.7 Å². The van der Waals surface area contributed by atoms with Gasteiger partial charge in [-0.15, -0.1) is 0 Å². The molecule has 2 aliphatic rings. The van der Waals surface area contributed by atoms with Gasteiger partial charge in [0.2, 0.25) is 0 Å². The number of alkyl carbamates (subject to hydrolysis) is 1. The SMILES string of the molecule is COC(=O)N[C@@H](C(C)C)C(O)N1CCC[C@H]1c1ncc(-c2ccc(B3OC(C)(C)C(C)(C)O3)cc2)[nH]1. The number of hydrogen-bond acceptors (Lipinski definition) is 7. The Morgan fingerprint density at radius 1 is 1.22 bits per heavy atom. The lowest BCUT2D eigenvalue weighted by Gasteiger charge is -2.35. The maximum Gasteiger partial charge on any atom is 0.494 e. The Labute approximate surface area is 214 Å². The van der Waals surface area contributed by atoms with Crippen LogP contribution in [0.3, 0.4) is 0 Å². The van der Waals surface area contributed by atoms with Crippen LogP contribution in [0.25, 0.3) is 11.3 Å². The third-order valence-electron chi connectivity index (χ3n) is 7.80. The number of benzene rings is 1. The van der Waals surface area contributed by atoms with E-state index in [9.17, 15) is 9.90 Å². The zero-order chi connectivity index (χ0) is 26.3. The van der Waals surface area contributed by atoms with E-state index in [2.05, 4.69) is 15.3 Å². The Morgan fingerprint density at radius 2 is 1.86 bits per heavy atom. The van der Waals surface area contributed by atoms with E-state index in [0.29, 0.717) is 0 Å². The van der Waals surface area contributed by atoms with Crippen molar-refractivity contribution in [3.05, 3.63) is 36.3 Å². The van der Waals surface area contributed by atoms with Gasteiger partial charge >= 0.3 is 13.2 Å². The molecule has 0 spiro atoms. The van der Waals surface area contributed by atoms with Crippen molar-refractivity contribution in [1.82, 2.24) is 20.2 Å². The minimum atomic E-state index is -0.857. The second kappa shape index (κ2) is 10.2. The van der Waals surface area contributed by atoms with Crippen LogP contribution in [-0.2, 0) is 14.0 Å². The Balaban J connectivity index is 1.48. The van der Waals surface area contributed by atoms with Crippen molar-refractivity contribution in [3.63, 3.8) is 0 Å². The summed E-state index contributed by atoms with van der Waals surface area (Å²) in [6.07, 6.45) is 2.23. The molecule has 2 fully saturated rings. The van der Waals surface area contributed by atoms with Gasteiger partial charge in [0.05, 0.1) is 42.3 Å². The van der Waals surface area contributed by atoms with Crippen LogP contribution in [0.2, 0.25) is 0 Å². The molecular weight excluding hydrogens is 459 g/mol. The fourth-order valence-electron chi connectivity index (χ4n) is 4.84. The molecule has 36 heavy (non-hydrogen) atoms. The van der Waals surface area contributed by atoms with Gasteiger partial charge in [-0.3, -0.25) is 4.90 Å². The van der Waals surface area contributed by atoms with Crippen LogP contribution in [0.5, 0.6) is 0 Å². The molecule has 0 bridgehead atoms. The van der Waals surface area contributed by atoms with Crippen molar-refractivity contribution in [2.24, 2.45) is 5.92 Å². The molecule has 3 atom stereocenters. The first kappa shape index (κ1) is 26.7. The summed E-state index contributed by atoms with van der Waals surface area (Å²) in [5, 5.41) is 14.0. The van der Waals surface area contributed by atoms with Gasteiger partial charge in [-0.2, -0.15) is 0 Å². The maximum atomic E-state index is 11.8. The van der Waals surface area contributed by atoms with Crippen LogP contribution in [0.4, 0.5) is 4.79 Å². The number of amides is 1. The lowest BCUT2D eigenvalue weighted by Crippen LogP contribution is -2.54. The number of ether oxygens (including phenoxy) is 1. The standard InChI is InChI=1S/C26H39BN4O5/c1-16(2)21(30-24(33)34-7)23(32)31-14-8-9-20(31)22-28-15-19(29-22)17-10-12-18(13-11-17)27-35-25(3,4)26(5,6)36-27/h10-13,15-16,20-21,23,32H,8-9,14H2,1-7H3,(H,28,29)(H,30,33)/t20-,21-,23?/m0/s1. The van der Waals surface area contributed by atoms with Gasteiger partial charge in [0.25, 0.3) is 0 Å². The first-order valence-corrected chi connectivity index (χ1v) is 12.7. The lowest BCUT2D eigenvalue weighted by molar-refractivity contribution is -0.0440. The van der Waals surface area contributed by atoms with Gasteiger partial charge in [0, 0.05) is 6.54 Å². The number of aromatic nitrogens is 2. The number of nitrogens with zero attached hydrogens (tertiary/aromatic N) is 2. The van der Waals surface area contributed by atoms with Crippen molar-refractivity contribution in [1.29, 1.82) is 0 Å². The number of aliphatic hydroxyl groups is 1. The number of aromatic amines is 1. The summed E-state index contributed by atoms with van der Waals surface area (Å²) in [6, 6.07) is 7.58. The lowest BCUT2D eigenvalue weighted by atomic mass is 9.79. The topological polar surface area (TPSA) is 109 Å². The summed E-state index contributed by atoms with van der Waals surface area (Å²) in [5.41, 5.74) is 2.12. The van der Waals surface area contributed by atoms with E-state index >= 15 is 0 Å². The zero-order valence-electron chi connectivity index (χ0n) is 22.4. The van der Waals surface area contributed by atoms with Gasteiger partial charge in [0.1, 0.15) is 12.1 Å². The van der Waals surface area contributed by atoms with Crippen LogP contribution in [0.15, 0.2) is 30.5 Å². The average molecular weight is 498 g/mol. The van der Waals surface area contributed by atoms with E-state index in [1.165, 1.54) is 7.11 Å². The molecule has 1 unspecified atom stereocenters. The summed E-state index contributed by atoms with van der Waals surface area (Å²) in [4.78, 5) is 21.9. The van der Waals surface area contributed by atoms with E-state index in [4.69, 9.17) is 14.0 Å². The molecule has 2 aliphatic heterocycles. The molecule has 2 aromatic rings. The molecule has 3 N–H and O–H groups in total. The Hall–Kier alpha value is -2.40. The molecule has 10 heteroatoms. The number of methoxy groups -OCH3 is 1. The second-order valence-corrected chi connectivity index (χ2v) is 11.1. The van der Waals surface area contributed by atoms with Crippen LogP contribution in [0.1, 0.15) is 66.3 Å². The summed E-state index contributed by atoms with van der Waals surface area (Å²) in [5.74, 6) is 0.826. The molecule has 196 valence electrons. The highest BCUT2D eigenvalue weighted by Crippen LogP contribution is 2.37. The highest BCUT2D eigenvalue weighted by molar-refractivity contribution is 6.62. The van der Waals surface area contributed by atoms with Gasteiger partial charge < -0.3 is 29.5 Å². The van der Waals surface area contributed by atoms with Crippen LogP contribution < -0.4 is 10.8 Å². The van der Waals surface area contributed by atoms with E-state index in [-0.39, 0.29) is 23.2 Å². The molecule has 0 aliphatic carbocycles. The van der Waals surface area contributed by atoms with Crippen molar-refractivity contribution in [3.8, 4) is 11.3 Å². The van der Waals surface area contributed by atoms with E-state index < -0.39 is 25.5 Å². The van der Waals surface area contributed by atoms with Crippen LogP contribution in [0, 0.1) is 5.92 Å². The van der Waals surface area contributed by atoms with Gasteiger partial charge in [-0.05, 0) is 57.5 Å². The number of hydrogen-bond donors (Lipinski definition) is 3. The van der Waals surface area contributed by atoms with E-state index in [1.54, 1.807) is 0 Å². The number of H-pyrrole nitrogens is 1. The molecule has 1 aromatic heterocycles. The highest BCUT2D eigenvalue weighted by Gasteiger charge is 2.51. The number of likely N-dealkylation sites (tertiary alicyclic amines) is 1. The first-order chi connectivity index (χ1) is 16.9. The van der Waals surface area contributed by atoms with Crippen molar-refractivity contribution in [2.45, 2.75) is 83.9 Å². The largest absolute Gasteiger partial charge is 0.494 e. The predicted octanol–water partition coefficient (Wildman–Crippen LogP) is 3.21. The summed E-state index contributed by atoms with van der Waals surface area (Å²) < 4.78 is 17.1. The smallest absolute Gasteiger partial charge is 0.453 e. The Bertz CT molecular complexity index is 1040. The number of imidazole rings is 1. The van der Waals surface area contributed by atoms with Gasteiger partial charge in [0.15, 0.2) is 0 Å². The molecule has 0 saturated carbocycles. The molecule has 1 amide bonds. The number of carbonyl (C=O) groups is 1. The average Bonchev–Trinajstić information content (AvgIpc) is 3.54. The molecule has 2 saturated heterocycles. The fourth-order valence-corrected chi connectivity index (χ4v) is 4.84. The highest BCUT2D eigenvalue weighted by atomic mass is 16.7. The molecule has 3 heterocycles. The minimum Gasteiger partial charge on any atom is -0.453 e. The van der Waals surface area contributed by atoms with Crippen molar-refractivity contribution in [2.75, 3.05) is 13.7 Å². The molecule has 4 rings (SSSR count). The molecule has 0 radical (unpaired) electrons.